The molecule has 0 aliphatic heterocycles. The third kappa shape index (κ3) is 4.61. The molecule has 0 aromatic heterocycles. The molecule has 3 unspecified atom stereocenters. The highest BCUT2D eigenvalue weighted by Crippen LogP contribution is 2.06. The first-order valence-corrected chi connectivity index (χ1v) is 5.58. The summed E-state index contributed by atoms with van der Waals surface area (Å²) < 4.78 is 0. The molecule has 0 fully saturated rings. The molecule has 0 spiro atoms. The predicted octanol–water partition coefficient (Wildman–Crippen LogP) is 1.66. The molecule has 3 nitrogen and oxygen atoms in total. The highest BCUT2D eigenvalue weighted by molar-refractivity contribution is 5.81. The number of carbonyl (C=O) groups excluding carboxylic acids is 1. The second-order valence-electron chi connectivity index (χ2n) is 4.08. The predicted molar refractivity (Wildman–Crippen MR) is 59.9 cm³/mol. The van der Waals surface area contributed by atoms with Crippen LogP contribution in [-0.4, -0.2) is 18.0 Å². The van der Waals surface area contributed by atoms with Gasteiger partial charge in [-0.3, -0.25) is 4.79 Å². The third-order valence-electron chi connectivity index (χ3n) is 2.80. The van der Waals surface area contributed by atoms with Gasteiger partial charge < -0.3 is 11.1 Å². The summed E-state index contributed by atoms with van der Waals surface area (Å²) in [5.74, 6) is 0.493. The van der Waals surface area contributed by atoms with E-state index in [0.29, 0.717) is 5.92 Å². The number of carbonyl (C=O) groups is 1. The van der Waals surface area contributed by atoms with E-state index in [1.807, 2.05) is 13.8 Å². The van der Waals surface area contributed by atoms with Crippen molar-refractivity contribution in [3.8, 4) is 0 Å². The van der Waals surface area contributed by atoms with Crippen LogP contribution >= 0.6 is 0 Å². The highest BCUT2D eigenvalue weighted by atomic mass is 16.2. The van der Waals surface area contributed by atoms with Gasteiger partial charge in [0.1, 0.15) is 0 Å². The van der Waals surface area contributed by atoms with Gasteiger partial charge in [0.05, 0.1) is 6.04 Å². The van der Waals surface area contributed by atoms with Crippen molar-refractivity contribution >= 4 is 5.91 Å². The molecule has 0 radical (unpaired) electrons. The van der Waals surface area contributed by atoms with Gasteiger partial charge in [-0.05, 0) is 19.3 Å². The average molecular weight is 200 g/mol. The number of hydrogen-bond acceptors (Lipinski definition) is 2. The average Bonchev–Trinajstić information content (AvgIpc) is 2.16. The first-order valence-electron chi connectivity index (χ1n) is 5.58. The smallest absolute Gasteiger partial charge is 0.237 e. The zero-order valence-corrected chi connectivity index (χ0v) is 9.84. The molecule has 0 aliphatic carbocycles. The summed E-state index contributed by atoms with van der Waals surface area (Å²) >= 11 is 0. The largest absolute Gasteiger partial charge is 0.352 e. The van der Waals surface area contributed by atoms with Crippen molar-refractivity contribution in [1.82, 2.24) is 5.32 Å². The monoisotopic (exact) mass is 200 g/mol. The molecule has 14 heavy (non-hydrogen) atoms. The number of hydrogen-bond donors (Lipinski definition) is 2. The Morgan fingerprint density at radius 1 is 1.36 bits per heavy atom. The molecule has 0 aliphatic rings. The maximum Gasteiger partial charge on any atom is 0.237 e. The molecule has 0 saturated heterocycles. The number of amides is 1. The van der Waals surface area contributed by atoms with E-state index in [0.717, 1.165) is 19.3 Å². The van der Waals surface area contributed by atoms with Crippen molar-refractivity contribution in [1.29, 1.82) is 0 Å². The Kier molecular flexibility index (Phi) is 6.54. The molecule has 0 heterocycles. The number of nitrogens with two attached hydrogens (primary N) is 1. The van der Waals surface area contributed by atoms with Crippen LogP contribution in [-0.2, 0) is 4.79 Å². The van der Waals surface area contributed by atoms with Crippen molar-refractivity contribution in [3.63, 3.8) is 0 Å². The summed E-state index contributed by atoms with van der Waals surface area (Å²) in [6, 6.07) is -0.123. The molecule has 0 bridgehead atoms. The SMILES string of the molecule is CCCC(N)C(=O)NC(C)C(C)CC. The zero-order chi connectivity index (χ0) is 11.1. The molecule has 3 heteroatoms. The molecule has 3 N–H and O–H groups in total. The lowest BCUT2D eigenvalue weighted by molar-refractivity contribution is -0.123. The van der Waals surface area contributed by atoms with E-state index in [4.69, 9.17) is 5.73 Å². The standard InChI is InChI=1S/C11H24N2O/c1-5-7-10(12)11(14)13-9(4)8(3)6-2/h8-10H,5-7,12H2,1-4H3,(H,13,14). The van der Waals surface area contributed by atoms with Crippen LogP contribution in [0.1, 0.15) is 47.0 Å². The molecule has 0 saturated carbocycles. The molecule has 3 atom stereocenters. The maximum absolute atomic E-state index is 11.5. The Balaban J connectivity index is 3.92. The van der Waals surface area contributed by atoms with Crippen LogP contribution in [0.15, 0.2) is 0 Å². The van der Waals surface area contributed by atoms with E-state index in [2.05, 4.69) is 19.2 Å². The summed E-state index contributed by atoms with van der Waals surface area (Å²) in [4.78, 5) is 11.5. The van der Waals surface area contributed by atoms with Gasteiger partial charge >= 0.3 is 0 Å². The van der Waals surface area contributed by atoms with Crippen LogP contribution in [0.5, 0.6) is 0 Å². The van der Waals surface area contributed by atoms with Crippen LogP contribution in [0.4, 0.5) is 0 Å². The molecule has 0 aromatic carbocycles. The van der Waals surface area contributed by atoms with Crippen LogP contribution in [0.25, 0.3) is 0 Å². The van der Waals surface area contributed by atoms with E-state index >= 15 is 0 Å². The van der Waals surface area contributed by atoms with Gasteiger partial charge in [-0.25, -0.2) is 0 Å². The summed E-state index contributed by atoms with van der Waals surface area (Å²) in [6.07, 6.45) is 2.79. The van der Waals surface area contributed by atoms with Crippen LogP contribution in [0, 0.1) is 5.92 Å². The van der Waals surface area contributed by atoms with E-state index in [1.165, 1.54) is 0 Å². The zero-order valence-electron chi connectivity index (χ0n) is 9.84. The maximum atomic E-state index is 11.5. The summed E-state index contributed by atoms with van der Waals surface area (Å²) in [6.45, 7) is 8.32. The molecule has 0 rings (SSSR count). The number of rotatable bonds is 6. The molecule has 1 amide bonds. The second kappa shape index (κ2) is 6.82. The molecule has 0 aromatic rings. The fraction of sp³-hybridized carbons (Fsp3) is 0.909. The minimum absolute atomic E-state index is 0.0142. The minimum Gasteiger partial charge on any atom is -0.352 e. The Labute approximate surface area is 87.4 Å². The fourth-order valence-electron chi connectivity index (χ4n) is 1.27. The van der Waals surface area contributed by atoms with E-state index in [1.54, 1.807) is 0 Å². The minimum atomic E-state index is -0.341. The van der Waals surface area contributed by atoms with Gasteiger partial charge in [0.2, 0.25) is 5.91 Å². The lowest BCUT2D eigenvalue weighted by atomic mass is 10.0. The highest BCUT2D eigenvalue weighted by Gasteiger charge is 2.17. The van der Waals surface area contributed by atoms with Crippen LogP contribution in [0.2, 0.25) is 0 Å². The third-order valence-corrected chi connectivity index (χ3v) is 2.80. The topological polar surface area (TPSA) is 55.1 Å². The van der Waals surface area contributed by atoms with E-state index in [-0.39, 0.29) is 18.0 Å². The fourth-order valence-corrected chi connectivity index (χ4v) is 1.27. The second-order valence-corrected chi connectivity index (χ2v) is 4.08. The lowest BCUT2D eigenvalue weighted by Crippen LogP contribution is -2.46. The van der Waals surface area contributed by atoms with E-state index in [9.17, 15) is 4.79 Å². The lowest BCUT2D eigenvalue weighted by Gasteiger charge is -2.21. The Morgan fingerprint density at radius 2 is 1.93 bits per heavy atom. The Morgan fingerprint density at radius 3 is 2.36 bits per heavy atom. The summed E-state index contributed by atoms with van der Waals surface area (Å²) in [5, 5.41) is 2.95. The van der Waals surface area contributed by atoms with Gasteiger partial charge in [0, 0.05) is 6.04 Å². The molecule has 84 valence electrons. The van der Waals surface area contributed by atoms with Gasteiger partial charge in [0.25, 0.3) is 0 Å². The van der Waals surface area contributed by atoms with Crippen molar-refractivity contribution in [3.05, 3.63) is 0 Å². The van der Waals surface area contributed by atoms with Crippen LogP contribution < -0.4 is 11.1 Å². The quantitative estimate of drug-likeness (QED) is 0.685. The summed E-state index contributed by atoms with van der Waals surface area (Å²) in [7, 11) is 0. The molecular weight excluding hydrogens is 176 g/mol. The first-order chi connectivity index (χ1) is 6.52. The van der Waals surface area contributed by atoms with Crippen molar-refractivity contribution < 1.29 is 4.79 Å². The van der Waals surface area contributed by atoms with Crippen molar-refractivity contribution in [2.24, 2.45) is 11.7 Å². The van der Waals surface area contributed by atoms with Gasteiger partial charge in [-0.1, -0.05) is 33.6 Å². The van der Waals surface area contributed by atoms with Crippen molar-refractivity contribution in [2.45, 2.75) is 59.0 Å². The number of nitrogens with one attached hydrogen (secondary N) is 1. The normalized spacial score (nSPS) is 17.2. The van der Waals surface area contributed by atoms with E-state index < -0.39 is 0 Å². The Bertz CT molecular complexity index is 171. The van der Waals surface area contributed by atoms with Crippen LogP contribution in [0.3, 0.4) is 0 Å². The van der Waals surface area contributed by atoms with Crippen molar-refractivity contribution in [2.75, 3.05) is 0 Å². The Hall–Kier alpha value is -0.570. The molecular formula is C11H24N2O. The van der Waals surface area contributed by atoms with Gasteiger partial charge in [-0.15, -0.1) is 0 Å². The van der Waals surface area contributed by atoms with Gasteiger partial charge in [-0.2, -0.15) is 0 Å². The first kappa shape index (κ1) is 13.4. The summed E-state index contributed by atoms with van der Waals surface area (Å²) in [5.41, 5.74) is 5.71. The van der Waals surface area contributed by atoms with Gasteiger partial charge in [0.15, 0.2) is 0 Å².